The Bertz CT molecular complexity index is 860. The van der Waals surface area contributed by atoms with Crippen LogP contribution in [-0.2, 0) is 0 Å². The molecule has 7 heteroatoms. The Kier molecular flexibility index (Phi) is 3.32. The van der Waals surface area contributed by atoms with Crippen LogP contribution in [0.15, 0.2) is 40.9 Å². The topological polar surface area (TPSA) is 41.6 Å². The van der Waals surface area contributed by atoms with Crippen molar-refractivity contribution in [2.75, 3.05) is 4.90 Å². The number of urea groups is 1. The van der Waals surface area contributed by atoms with Crippen molar-refractivity contribution >= 4 is 27.6 Å². The maximum absolute atomic E-state index is 14.2. The summed E-state index contributed by atoms with van der Waals surface area (Å²) in [5.41, 5.74) is -0.211. The molecule has 2 aliphatic heterocycles. The number of carbonyl (C=O) groups is 1. The van der Waals surface area contributed by atoms with Crippen LogP contribution < -0.4 is 15.0 Å². The van der Waals surface area contributed by atoms with Gasteiger partial charge in [-0.2, -0.15) is 0 Å². The number of hydrogen-bond donors (Lipinski definition) is 1. The SMILES string of the molecule is C[C@@]12C[C@@H](NC(=O)N1c1ccc(F)cc1F)c1cc(Br)ccc1O2. The molecule has 2 aromatic carbocycles. The van der Waals surface area contributed by atoms with Gasteiger partial charge in [-0.3, -0.25) is 4.90 Å². The number of ether oxygens (including phenoxy) is 1. The Balaban J connectivity index is 1.82. The summed E-state index contributed by atoms with van der Waals surface area (Å²) in [6.45, 7) is 1.73. The lowest BCUT2D eigenvalue weighted by atomic mass is 9.90. The van der Waals surface area contributed by atoms with Gasteiger partial charge in [0.05, 0.1) is 11.7 Å². The number of rotatable bonds is 1. The van der Waals surface area contributed by atoms with Gasteiger partial charge in [0.2, 0.25) is 0 Å². The highest BCUT2D eigenvalue weighted by Crippen LogP contribution is 2.46. The van der Waals surface area contributed by atoms with E-state index in [9.17, 15) is 13.6 Å². The van der Waals surface area contributed by atoms with Crippen molar-refractivity contribution < 1.29 is 18.3 Å². The first-order chi connectivity index (χ1) is 11.4. The third-order valence-electron chi connectivity index (χ3n) is 4.38. The van der Waals surface area contributed by atoms with Crippen LogP contribution in [0.2, 0.25) is 0 Å². The lowest BCUT2D eigenvalue weighted by molar-refractivity contribution is 0.0373. The molecule has 1 saturated heterocycles. The van der Waals surface area contributed by atoms with Crippen LogP contribution >= 0.6 is 15.9 Å². The summed E-state index contributed by atoms with van der Waals surface area (Å²) in [6.07, 6.45) is 0.443. The molecule has 4 rings (SSSR count). The summed E-state index contributed by atoms with van der Waals surface area (Å²) in [5, 5.41) is 2.87. The van der Waals surface area contributed by atoms with Gasteiger partial charge < -0.3 is 10.1 Å². The van der Waals surface area contributed by atoms with Crippen molar-refractivity contribution in [1.82, 2.24) is 5.32 Å². The van der Waals surface area contributed by atoms with E-state index in [0.717, 1.165) is 22.2 Å². The molecule has 0 unspecified atom stereocenters. The lowest BCUT2D eigenvalue weighted by Gasteiger charge is -2.50. The molecule has 2 aliphatic rings. The van der Waals surface area contributed by atoms with Crippen LogP contribution in [0.25, 0.3) is 0 Å². The molecule has 2 heterocycles. The monoisotopic (exact) mass is 394 g/mol. The zero-order valence-electron chi connectivity index (χ0n) is 12.6. The van der Waals surface area contributed by atoms with E-state index >= 15 is 0 Å². The van der Waals surface area contributed by atoms with Crippen LogP contribution in [0.4, 0.5) is 19.3 Å². The molecule has 0 spiro atoms. The summed E-state index contributed by atoms with van der Waals surface area (Å²) < 4.78 is 34.4. The quantitative estimate of drug-likeness (QED) is 0.773. The molecule has 2 bridgehead atoms. The average molecular weight is 395 g/mol. The Labute approximate surface area is 145 Å². The highest BCUT2D eigenvalue weighted by Gasteiger charge is 2.50. The number of benzene rings is 2. The van der Waals surface area contributed by atoms with Gasteiger partial charge in [-0.1, -0.05) is 15.9 Å². The Hall–Kier alpha value is -2.15. The smallest absolute Gasteiger partial charge is 0.325 e. The van der Waals surface area contributed by atoms with Crippen molar-refractivity contribution in [2.24, 2.45) is 0 Å². The Morgan fingerprint density at radius 2 is 2.08 bits per heavy atom. The summed E-state index contributed by atoms with van der Waals surface area (Å²) in [7, 11) is 0. The molecule has 1 fully saturated rings. The zero-order chi connectivity index (χ0) is 17.1. The summed E-state index contributed by atoms with van der Waals surface area (Å²) in [4.78, 5) is 13.8. The maximum Gasteiger partial charge on any atom is 0.325 e. The van der Waals surface area contributed by atoms with Gasteiger partial charge in [0.15, 0.2) is 5.72 Å². The van der Waals surface area contributed by atoms with Crippen molar-refractivity contribution in [1.29, 1.82) is 0 Å². The number of anilines is 1. The number of halogens is 3. The van der Waals surface area contributed by atoms with Gasteiger partial charge in [0.1, 0.15) is 17.4 Å². The van der Waals surface area contributed by atoms with Gasteiger partial charge in [-0.05, 0) is 37.3 Å². The number of amides is 2. The van der Waals surface area contributed by atoms with Crippen LogP contribution in [0.3, 0.4) is 0 Å². The molecule has 0 aliphatic carbocycles. The molecule has 2 atom stereocenters. The van der Waals surface area contributed by atoms with Gasteiger partial charge >= 0.3 is 6.03 Å². The molecule has 24 heavy (non-hydrogen) atoms. The first-order valence-corrected chi connectivity index (χ1v) is 8.21. The van der Waals surface area contributed by atoms with E-state index in [1.807, 2.05) is 12.1 Å². The number of carbonyl (C=O) groups excluding carboxylic acids is 1. The number of nitrogens with zero attached hydrogens (tertiary/aromatic N) is 1. The fourth-order valence-corrected chi connectivity index (χ4v) is 3.75. The van der Waals surface area contributed by atoms with Crippen LogP contribution in [0, 0.1) is 11.6 Å². The summed E-state index contributed by atoms with van der Waals surface area (Å²) >= 11 is 3.41. The normalized spacial score (nSPS) is 24.9. The number of hydrogen-bond acceptors (Lipinski definition) is 2. The highest BCUT2D eigenvalue weighted by molar-refractivity contribution is 9.10. The zero-order valence-corrected chi connectivity index (χ0v) is 14.2. The number of fused-ring (bicyclic) bond motifs is 4. The fourth-order valence-electron chi connectivity index (χ4n) is 3.37. The molecule has 0 radical (unpaired) electrons. The third kappa shape index (κ3) is 2.26. The standard InChI is InChI=1S/C17H13BrF2N2O2/c1-17-8-13(11-6-9(18)2-5-15(11)24-17)21-16(23)22(17)14-4-3-10(19)7-12(14)20/h2-7,13H,8H2,1H3,(H,21,23)/t13-,17-/m1/s1. The lowest BCUT2D eigenvalue weighted by Crippen LogP contribution is -2.65. The molecule has 0 aromatic heterocycles. The van der Waals surface area contributed by atoms with E-state index in [-0.39, 0.29) is 11.7 Å². The minimum absolute atomic E-state index is 0.0181. The molecular weight excluding hydrogens is 382 g/mol. The number of nitrogens with one attached hydrogen (secondary N) is 1. The average Bonchev–Trinajstić information content (AvgIpc) is 2.50. The largest absolute Gasteiger partial charge is 0.467 e. The minimum Gasteiger partial charge on any atom is -0.467 e. The molecule has 2 aromatic rings. The van der Waals surface area contributed by atoms with Crippen molar-refractivity contribution in [3.8, 4) is 5.75 Å². The van der Waals surface area contributed by atoms with E-state index in [1.165, 1.54) is 11.0 Å². The first kappa shape index (κ1) is 15.4. The molecule has 124 valence electrons. The second-order valence-electron chi connectivity index (χ2n) is 6.10. The molecule has 2 amide bonds. The molecule has 4 nitrogen and oxygen atoms in total. The predicted molar refractivity (Wildman–Crippen MR) is 87.9 cm³/mol. The third-order valence-corrected chi connectivity index (χ3v) is 4.88. The minimum atomic E-state index is -1.06. The molecule has 0 saturated carbocycles. The van der Waals surface area contributed by atoms with E-state index in [2.05, 4.69) is 21.2 Å². The van der Waals surface area contributed by atoms with Crippen LogP contribution in [-0.4, -0.2) is 11.8 Å². The van der Waals surface area contributed by atoms with E-state index < -0.39 is 23.4 Å². The first-order valence-electron chi connectivity index (χ1n) is 7.42. The highest BCUT2D eigenvalue weighted by atomic mass is 79.9. The molecule has 1 N–H and O–H groups in total. The maximum atomic E-state index is 14.2. The summed E-state index contributed by atoms with van der Waals surface area (Å²) in [6, 6.07) is 7.95. The van der Waals surface area contributed by atoms with E-state index in [0.29, 0.717) is 12.2 Å². The van der Waals surface area contributed by atoms with Gasteiger partial charge in [-0.15, -0.1) is 0 Å². The van der Waals surface area contributed by atoms with Crippen LogP contribution in [0.1, 0.15) is 24.9 Å². The predicted octanol–water partition coefficient (Wildman–Crippen LogP) is 4.50. The van der Waals surface area contributed by atoms with E-state index in [4.69, 9.17) is 4.74 Å². The Morgan fingerprint density at radius 3 is 2.83 bits per heavy atom. The second-order valence-corrected chi connectivity index (χ2v) is 7.01. The Morgan fingerprint density at radius 1 is 1.29 bits per heavy atom. The van der Waals surface area contributed by atoms with Gasteiger partial charge in [0, 0.05) is 22.5 Å². The second kappa shape index (κ2) is 5.17. The fraction of sp³-hybridized carbons (Fsp3) is 0.235. The van der Waals surface area contributed by atoms with E-state index in [1.54, 1.807) is 13.0 Å². The van der Waals surface area contributed by atoms with Gasteiger partial charge in [-0.25, -0.2) is 13.6 Å². The van der Waals surface area contributed by atoms with Crippen molar-refractivity contribution in [3.63, 3.8) is 0 Å². The van der Waals surface area contributed by atoms with Gasteiger partial charge in [0.25, 0.3) is 0 Å². The summed E-state index contributed by atoms with van der Waals surface area (Å²) in [5.74, 6) is -0.879. The van der Waals surface area contributed by atoms with Crippen LogP contribution in [0.5, 0.6) is 5.75 Å². The molecular formula is C17H13BrF2N2O2. The van der Waals surface area contributed by atoms with Crippen molar-refractivity contribution in [2.45, 2.75) is 25.1 Å². The van der Waals surface area contributed by atoms with Crippen molar-refractivity contribution in [3.05, 3.63) is 58.1 Å².